The molecule has 6 heteroatoms. The maximum Gasteiger partial charge on any atom is 0.274 e. The summed E-state index contributed by atoms with van der Waals surface area (Å²) >= 11 is 0. The second kappa shape index (κ2) is 7.25. The lowest BCUT2D eigenvalue weighted by molar-refractivity contribution is 0.102. The Morgan fingerprint density at radius 1 is 1.24 bits per heavy atom. The Bertz CT molecular complexity index is 928. The van der Waals surface area contributed by atoms with Gasteiger partial charge >= 0.3 is 0 Å². The third-order valence-electron chi connectivity index (χ3n) is 3.66. The first-order valence-corrected chi connectivity index (χ1v) is 8.05. The number of benzene rings is 1. The van der Waals surface area contributed by atoms with E-state index in [2.05, 4.69) is 15.3 Å². The van der Waals surface area contributed by atoms with Crippen LogP contribution < -0.4 is 10.1 Å². The van der Waals surface area contributed by atoms with E-state index in [1.165, 1.54) is 12.1 Å². The van der Waals surface area contributed by atoms with Crippen LogP contribution in [0, 0.1) is 12.7 Å². The van der Waals surface area contributed by atoms with E-state index in [-0.39, 0.29) is 17.1 Å². The summed E-state index contributed by atoms with van der Waals surface area (Å²) in [7, 11) is 0. The number of halogens is 1. The van der Waals surface area contributed by atoms with Crippen molar-refractivity contribution in [2.75, 3.05) is 11.9 Å². The molecule has 0 fully saturated rings. The second-order valence-electron chi connectivity index (χ2n) is 5.62. The number of carbonyl (C=O) groups excluding carboxylic acids is 1. The minimum absolute atomic E-state index is 0.0612. The lowest BCUT2D eigenvalue weighted by atomic mass is 10.1. The summed E-state index contributed by atoms with van der Waals surface area (Å²) in [6, 6.07) is 9.97. The molecular weight excluding hydrogens is 321 g/mol. The molecule has 0 atom stereocenters. The van der Waals surface area contributed by atoms with E-state index in [0.29, 0.717) is 23.2 Å². The van der Waals surface area contributed by atoms with Crippen LogP contribution in [-0.4, -0.2) is 22.5 Å². The summed E-state index contributed by atoms with van der Waals surface area (Å²) in [5, 5.41) is 2.57. The Labute approximate surface area is 144 Å². The normalized spacial score (nSPS) is 10.7. The quantitative estimate of drug-likeness (QED) is 0.759. The van der Waals surface area contributed by atoms with E-state index in [0.717, 1.165) is 6.42 Å². The standard InChI is InChI=1S/C19H18FN3O2/c1-3-10-25-16-8-4-6-14(17(16)20)23-19(24)18-12(2)11-15-13(22-18)7-5-9-21-15/h4-9,11H,3,10H2,1-2H3,(H,23,24). The number of fused-ring (bicyclic) bond motifs is 1. The van der Waals surface area contributed by atoms with E-state index in [9.17, 15) is 9.18 Å². The van der Waals surface area contributed by atoms with Crippen LogP contribution in [0.25, 0.3) is 11.0 Å². The summed E-state index contributed by atoms with van der Waals surface area (Å²) < 4.78 is 19.8. The molecule has 5 nitrogen and oxygen atoms in total. The molecule has 2 heterocycles. The van der Waals surface area contributed by atoms with Gasteiger partial charge in [0, 0.05) is 6.20 Å². The predicted octanol–water partition coefficient (Wildman–Crippen LogP) is 4.12. The van der Waals surface area contributed by atoms with Crippen LogP contribution in [0.3, 0.4) is 0 Å². The third kappa shape index (κ3) is 3.57. The monoisotopic (exact) mass is 339 g/mol. The van der Waals surface area contributed by atoms with Crippen molar-refractivity contribution < 1.29 is 13.9 Å². The molecule has 0 unspecified atom stereocenters. The number of aromatic nitrogens is 2. The van der Waals surface area contributed by atoms with Gasteiger partial charge in [-0.25, -0.2) is 9.37 Å². The molecule has 1 aromatic carbocycles. The molecule has 0 saturated heterocycles. The molecule has 1 amide bonds. The van der Waals surface area contributed by atoms with Gasteiger partial charge in [-0.3, -0.25) is 9.78 Å². The van der Waals surface area contributed by atoms with Crippen molar-refractivity contribution in [3.05, 3.63) is 59.7 Å². The van der Waals surface area contributed by atoms with Gasteiger partial charge in [0.2, 0.25) is 0 Å². The Balaban J connectivity index is 1.89. The summed E-state index contributed by atoms with van der Waals surface area (Å²) in [6.45, 7) is 4.12. The van der Waals surface area contributed by atoms with Gasteiger partial charge in [-0.2, -0.15) is 0 Å². The Morgan fingerprint density at radius 2 is 2.08 bits per heavy atom. The number of carbonyl (C=O) groups is 1. The van der Waals surface area contributed by atoms with Gasteiger partial charge in [-0.1, -0.05) is 13.0 Å². The van der Waals surface area contributed by atoms with Gasteiger partial charge < -0.3 is 10.1 Å². The van der Waals surface area contributed by atoms with E-state index >= 15 is 0 Å². The number of hydrogen-bond acceptors (Lipinski definition) is 4. The summed E-state index contributed by atoms with van der Waals surface area (Å²) in [5.74, 6) is -0.953. The molecule has 2 aromatic heterocycles. The predicted molar refractivity (Wildman–Crippen MR) is 94.4 cm³/mol. The molecule has 0 spiro atoms. The smallest absolute Gasteiger partial charge is 0.274 e. The fourth-order valence-electron chi connectivity index (χ4n) is 2.44. The molecule has 128 valence electrons. The molecule has 1 N–H and O–H groups in total. The number of hydrogen-bond donors (Lipinski definition) is 1. The summed E-state index contributed by atoms with van der Waals surface area (Å²) in [6.07, 6.45) is 2.44. The Hall–Kier alpha value is -3.02. The highest BCUT2D eigenvalue weighted by Crippen LogP contribution is 2.25. The van der Waals surface area contributed by atoms with Crippen molar-refractivity contribution >= 4 is 22.6 Å². The van der Waals surface area contributed by atoms with Crippen molar-refractivity contribution in [1.29, 1.82) is 0 Å². The summed E-state index contributed by atoms with van der Waals surface area (Å²) in [4.78, 5) is 21.1. The van der Waals surface area contributed by atoms with Gasteiger partial charge in [0.05, 0.1) is 23.3 Å². The zero-order valence-electron chi connectivity index (χ0n) is 14.0. The van der Waals surface area contributed by atoms with Crippen LogP contribution in [0.15, 0.2) is 42.6 Å². The van der Waals surface area contributed by atoms with Crippen LogP contribution >= 0.6 is 0 Å². The van der Waals surface area contributed by atoms with Gasteiger partial charge in [-0.15, -0.1) is 0 Å². The topological polar surface area (TPSA) is 64.1 Å². The Kier molecular flexibility index (Phi) is 4.88. The first-order valence-electron chi connectivity index (χ1n) is 8.05. The van der Waals surface area contributed by atoms with Crippen molar-refractivity contribution in [3.63, 3.8) is 0 Å². The number of nitrogens with one attached hydrogen (secondary N) is 1. The van der Waals surface area contributed by atoms with Gasteiger partial charge in [0.1, 0.15) is 5.69 Å². The molecule has 0 aliphatic rings. The number of aryl methyl sites for hydroxylation is 1. The zero-order chi connectivity index (χ0) is 17.8. The average molecular weight is 339 g/mol. The fraction of sp³-hybridized carbons (Fsp3) is 0.211. The van der Waals surface area contributed by atoms with Crippen molar-refractivity contribution in [3.8, 4) is 5.75 Å². The van der Waals surface area contributed by atoms with E-state index in [1.807, 2.05) is 6.92 Å². The maximum absolute atomic E-state index is 14.5. The number of rotatable bonds is 5. The lowest BCUT2D eigenvalue weighted by Crippen LogP contribution is -2.16. The fourth-order valence-corrected chi connectivity index (χ4v) is 2.44. The number of amides is 1. The van der Waals surface area contributed by atoms with Crippen LogP contribution in [0.4, 0.5) is 10.1 Å². The molecule has 0 radical (unpaired) electrons. The molecular formula is C19H18FN3O2. The van der Waals surface area contributed by atoms with Crippen LogP contribution in [0.5, 0.6) is 5.75 Å². The molecule has 0 aliphatic carbocycles. The van der Waals surface area contributed by atoms with Crippen LogP contribution in [0.2, 0.25) is 0 Å². The van der Waals surface area contributed by atoms with Crippen molar-refractivity contribution in [1.82, 2.24) is 9.97 Å². The van der Waals surface area contributed by atoms with E-state index < -0.39 is 11.7 Å². The third-order valence-corrected chi connectivity index (χ3v) is 3.66. The number of ether oxygens (including phenoxy) is 1. The lowest BCUT2D eigenvalue weighted by Gasteiger charge is -2.11. The molecule has 3 aromatic rings. The molecule has 25 heavy (non-hydrogen) atoms. The highest BCUT2D eigenvalue weighted by molar-refractivity contribution is 6.05. The maximum atomic E-state index is 14.5. The van der Waals surface area contributed by atoms with Crippen molar-refractivity contribution in [2.24, 2.45) is 0 Å². The van der Waals surface area contributed by atoms with Gasteiger partial charge in [-0.05, 0) is 49.2 Å². The SMILES string of the molecule is CCCOc1cccc(NC(=O)c2nc3cccnc3cc2C)c1F. The molecule has 0 saturated carbocycles. The van der Waals surface area contributed by atoms with E-state index in [4.69, 9.17) is 4.74 Å². The second-order valence-corrected chi connectivity index (χ2v) is 5.62. The largest absolute Gasteiger partial charge is 0.490 e. The Morgan fingerprint density at radius 3 is 2.88 bits per heavy atom. The number of nitrogens with zero attached hydrogens (tertiary/aromatic N) is 2. The van der Waals surface area contributed by atoms with Crippen LogP contribution in [-0.2, 0) is 0 Å². The van der Waals surface area contributed by atoms with Gasteiger partial charge in [0.15, 0.2) is 11.6 Å². The number of anilines is 1. The van der Waals surface area contributed by atoms with Gasteiger partial charge in [0.25, 0.3) is 5.91 Å². The molecule has 3 rings (SSSR count). The summed E-state index contributed by atoms with van der Waals surface area (Å²) in [5.41, 5.74) is 2.28. The first kappa shape index (κ1) is 16.8. The van der Waals surface area contributed by atoms with E-state index in [1.54, 1.807) is 37.4 Å². The minimum Gasteiger partial charge on any atom is -0.490 e. The highest BCUT2D eigenvalue weighted by Gasteiger charge is 2.16. The van der Waals surface area contributed by atoms with Crippen LogP contribution in [0.1, 0.15) is 29.4 Å². The average Bonchev–Trinajstić information content (AvgIpc) is 2.61. The minimum atomic E-state index is -0.593. The molecule has 0 aliphatic heterocycles. The highest BCUT2D eigenvalue weighted by atomic mass is 19.1. The first-order chi connectivity index (χ1) is 12.1. The zero-order valence-corrected chi connectivity index (χ0v) is 14.0. The molecule has 0 bridgehead atoms. The number of pyridine rings is 2. The van der Waals surface area contributed by atoms with Crippen molar-refractivity contribution in [2.45, 2.75) is 20.3 Å².